The number of hydrogen-bond donors (Lipinski definition) is 1. The minimum Gasteiger partial charge on any atom is -0.483 e. The van der Waals surface area contributed by atoms with E-state index in [-0.39, 0.29) is 12.5 Å². The van der Waals surface area contributed by atoms with E-state index < -0.39 is 0 Å². The minimum atomic E-state index is -0.262. The van der Waals surface area contributed by atoms with E-state index >= 15 is 0 Å². The van der Waals surface area contributed by atoms with Crippen LogP contribution in [0.25, 0.3) is 22.6 Å². The Kier molecular flexibility index (Phi) is 5.46. The molecule has 4 aromatic rings. The number of carbonyl (C=O) groups excluding carboxylic acids is 1. The number of halogens is 1. The summed E-state index contributed by atoms with van der Waals surface area (Å²) >= 11 is 5.94. The fraction of sp³-hybridized carbons (Fsp3) is 0.167. The van der Waals surface area contributed by atoms with E-state index in [0.717, 1.165) is 11.1 Å². The molecule has 0 atom stereocenters. The van der Waals surface area contributed by atoms with Crippen LogP contribution in [0, 0.1) is 20.8 Å². The lowest BCUT2D eigenvalue weighted by atomic mass is 10.1. The third-order valence-electron chi connectivity index (χ3n) is 4.92. The highest BCUT2D eigenvalue weighted by atomic mass is 35.5. The van der Waals surface area contributed by atoms with E-state index in [1.165, 1.54) is 11.1 Å². The zero-order valence-corrected chi connectivity index (χ0v) is 17.7. The van der Waals surface area contributed by atoms with Gasteiger partial charge in [-0.05, 0) is 86.0 Å². The quantitative estimate of drug-likeness (QED) is 0.424. The summed E-state index contributed by atoms with van der Waals surface area (Å²) in [6, 6.07) is 16.7. The molecule has 0 saturated carbocycles. The molecule has 6 heteroatoms. The number of hydrogen-bond acceptors (Lipinski definition) is 4. The number of rotatable bonds is 5. The van der Waals surface area contributed by atoms with Crippen LogP contribution in [-0.2, 0) is 4.79 Å². The Morgan fingerprint density at radius 1 is 1.00 bits per heavy atom. The average molecular weight is 421 g/mol. The van der Waals surface area contributed by atoms with Gasteiger partial charge in [-0.2, -0.15) is 0 Å². The summed E-state index contributed by atoms with van der Waals surface area (Å²) in [4.78, 5) is 16.9. The summed E-state index contributed by atoms with van der Waals surface area (Å²) in [5.41, 5.74) is 6.16. The molecule has 152 valence electrons. The van der Waals surface area contributed by atoms with Gasteiger partial charge in [0, 0.05) is 16.3 Å². The Hall–Kier alpha value is -3.31. The van der Waals surface area contributed by atoms with Gasteiger partial charge in [-0.15, -0.1) is 0 Å². The van der Waals surface area contributed by atoms with Crippen LogP contribution in [0.3, 0.4) is 0 Å². The number of aryl methyl sites for hydroxylation is 3. The van der Waals surface area contributed by atoms with E-state index in [2.05, 4.69) is 30.2 Å². The van der Waals surface area contributed by atoms with E-state index in [1.54, 1.807) is 36.4 Å². The van der Waals surface area contributed by atoms with Crippen molar-refractivity contribution >= 4 is 34.3 Å². The average Bonchev–Trinajstić information content (AvgIpc) is 3.13. The largest absolute Gasteiger partial charge is 0.483 e. The topological polar surface area (TPSA) is 64.4 Å². The van der Waals surface area contributed by atoms with Crippen molar-refractivity contribution in [3.8, 4) is 17.2 Å². The van der Waals surface area contributed by atoms with Crippen molar-refractivity contribution in [3.05, 3.63) is 76.3 Å². The van der Waals surface area contributed by atoms with Crippen LogP contribution in [-0.4, -0.2) is 17.5 Å². The Bertz CT molecular complexity index is 1250. The van der Waals surface area contributed by atoms with Gasteiger partial charge in [-0.3, -0.25) is 4.79 Å². The van der Waals surface area contributed by atoms with Crippen molar-refractivity contribution in [1.82, 2.24) is 4.98 Å². The molecule has 1 aromatic heterocycles. The molecule has 0 spiro atoms. The van der Waals surface area contributed by atoms with Crippen molar-refractivity contribution in [2.45, 2.75) is 20.8 Å². The highest BCUT2D eigenvalue weighted by molar-refractivity contribution is 6.30. The minimum absolute atomic E-state index is 0.104. The number of anilines is 1. The monoisotopic (exact) mass is 420 g/mol. The Morgan fingerprint density at radius 2 is 1.83 bits per heavy atom. The van der Waals surface area contributed by atoms with Crippen molar-refractivity contribution in [2.75, 3.05) is 11.9 Å². The van der Waals surface area contributed by atoms with Gasteiger partial charge >= 0.3 is 0 Å². The van der Waals surface area contributed by atoms with Gasteiger partial charge < -0.3 is 14.5 Å². The summed E-state index contributed by atoms with van der Waals surface area (Å²) in [5.74, 6) is 0.916. The van der Waals surface area contributed by atoms with Crippen molar-refractivity contribution < 1.29 is 13.9 Å². The third-order valence-corrected chi connectivity index (χ3v) is 5.16. The summed E-state index contributed by atoms with van der Waals surface area (Å²) in [6.07, 6.45) is 0. The number of amides is 1. The molecule has 0 saturated heterocycles. The molecule has 0 unspecified atom stereocenters. The lowest BCUT2D eigenvalue weighted by Gasteiger charge is -2.09. The van der Waals surface area contributed by atoms with Gasteiger partial charge in [0.1, 0.15) is 11.3 Å². The Labute approximate surface area is 179 Å². The molecule has 1 heterocycles. The molecular formula is C24H21ClN2O3. The molecule has 0 radical (unpaired) electrons. The van der Waals surface area contributed by atoms with Crippen LogP contribution in [0.1, 0.15) is 16.7 Å². The summed E-state index contributed by atoms with van der Waals surface area (Å²) < 4.78 is 11.5. The number of aromatic nitrogens is 1. The number of nitrogens with zero attached hydrogens (tertiary/aromatic N) is 1. The first-order valence-corrected chi connectivity index (χ1v) is 9.94. The fourth-order valence-electron chi connectivity index (χ4n) is 3.12. The molecule has 3 aromatic carbocycles. The first-order chi connectivity index (χ1) is 14.4. The molecule has 4 rings (SSSR count). The molecule has 0 aliphatic rings. The predicted octanol–water partition coefficient (Wildman–Crippen LogP) is 6.09. The molecule has 0 aliphatic heterocycles. The molecule has 30 heavy (non-hydrogen) atoms. The van der Waals surface area contributed by atoms with Crippen molar-refractivity contribution in [2.24, 2.45) is 0 Å². The van der Waals surface area contributed by atoms with E-state index in [1.807, 2.05) is 19.1 Å². The first-order valence-electron chi connectivity index (χ1n) is 9.56. The standard InChI is InChI=1S/C24H21ClN2O3/c1-14-4-5-17(10-15(14)2)24-27-20-12-19(7-9-22(20)30-24)26-23(28)13-29-21-8-6-18(25)11-16(21)3/h4-12H,13H2,1-3H3,(H,26,28). The molecular weight excluding hydrogens is 400 g/mol. The zero-order valence-electron chi connectivity index (χ0n) is 17.0. The van der Waals surface area contributed by atoms with Crippen LogP contribution < -0.4 is 10.1 Å². The first kappa shape index (κ1) is 20.0. The lowest BCUT2D eigenvalue weighted by molar-refractivity contribution is -0.118. The second-order valence-corrected chi connectivity index (χ2v) is 7.68. The van der Waals surface area contributed by atoms with Crippen LogP contribution in [0.4, 0.5) is 5.69 Å². The number of benzene rings is 3. The van der Waals surface area contributed by atoms with Crippen LogP contribution in [0.2, 0.25) is 5.02 Å². The van der Waals surface area contributed by atoms with Crippen molar-refractivity contribution in [3.63, 3.8) is 0 Å². The molecule has 0 bridgehead atoms. The maximum atomic E-state index is 12.3. The molecule has 5 nitrogen and oxygen atoms in total. The van der Waals surface area contributed by atoms with Gasteiger partial charge in [0.15, 0.2) is 12.2 Å². The van der Waals surface area contributed by atoms with Gasteiger partial charge in [0.25, 0.3) is 5.91 Å². The third kappa shape index (κ3) is 4.31. The van der Waals surface area contributed by atoms with Crippen LogP contribution >= 0.6 is 11.6 Å². The number of fused-ring (bicyclic) bond motifs is 1. The van der Waals surface area contributed by atoms with E-state index in [0.29, 0.717) is 33.4 Å². The van der Waals surface area contributed by atoms with Crippen molar-refractivity contribution in [1.29, 1.82) is 0 Å². The lowest BCUT2D eigenvalue weighted by Crippen LogP contribution is -2.20. The summed E-state index contributed by atoms with van der Waals surface area (Å²) in [7, 11) is 0. The van der Waals surface area contributed by atoms with Crippen LogP contribution in [0.5, 0.6) is 5.75 Å². The van der Waals surface area contributed by atoms with Gasteiger partial charge in [-0.25, -0.2) is 4.98 Å². The number of nitrogens with one attached hydrogen (secondary N) is 1. The predicted molar refractivity (Wildman–Crippen MR) is 119 cm³/mol. The maximum absolute atomic E-state index is 12.3. The maximum Gasteiger partial charge on any atom is 0.262 e. The van der Waals surface area contributed by atoms with Gasteiger partial charge in [-0.1, -0.05) is 17.7 Å². The Balaban J connectivity index is 1.46. The summed E-state index contributed by atoms with van der Waals surface area (Å²) in [6.45, 7) is 5.90. The smallest absolute Gasteiger partial charge is 0.262 e. The molecule has 1 amide bonds. The number of carbonyl (C=O) groups is 1. The SMILES string of the molecule is Cc1ccc(-c2nc3cc(NC(=O)COc4ccc(Cl)cc4C)ccc3o2)cc1C. The highest BCUT2D eigenvalue weighted by Crippen LogP contribution is 2.27. The highest BCUT2D eigenvalue weighted by Gasteiger charge is 2.11. The van der Waals surface area contributed by atoms with E-state index in [9.17, 15) is 4.79 Å². The second kappa shape index (κ2) is 8.20. The second-order valence-electron chi connectivity index (χ2n) is 7.25. The Morgan fingerprint density at radius 3 is 2.60 bits per heavy atom. The molecule has 0 aliphatic carbocycles. The zero-order chi connectivity index (χ0) is 21.3. The number of oxazole rings is 1. The van der Waals surface area contributed by atoms with Gasteiger partial charge in [0.05, 0.1) is 0 Å². The summed E-state index contributed by atoms with van der Waals surface area (Å²) in [5, 5.41) is 3.46. The molecule has 0 fully saturated rings. The fourth-order valence-corrected chi connectivity index (χ4v) is 3.34. The number of ether oxygens (including phenoxy) is 1. The normalized spacial score (nSPS) is 10.9. The van der Waals surface area contributed by atoms with Gasteiger partial charge in [0.2, 0.25) is 5.89 Å². The molecule has 1 N–H and O–H groups in total. The van der Waals surface area contributed by atoms with Crippen LogP contribution in [0.15, 0.2) is 59.0 Å². The van der Waals surface area contributed by atoms with E-state index in [4.69, 9.17) is 20.8 Å².